The molecule has 13 heavy (non-hydrogen) atoms. The first kappa shape index (κ1) is 8.23. The van der Waals surface area contributed by atoms with Gasteiger partial charge < -0.3 is 5.73 Å². The molecule has 2 rings (SSSR count). The number of hydrogen-bond donors (Lipinski definition) is 1. The highest BCUT2D eigenvalue weighted by Crippen LogP contribution is 2.24. The van der Waals surface area contributed by atoms with Crippen molar-refractivity contribution in [3.8, 4) is 0 Å². The Morgan fingerprint density at radius 2 is 2.38 bits per heavy atom. The van der Waals surface area contributed by atoms with Crippen LogP contribution < -0.4 is 5.73 Å². The molecule has 68 valence electrons. The summed E-state index contributed by atoms with van der Waals surface area (Å²) in [5.74, 6) is 0.655. The molecule has 0 amide bonds. The number of rotatable bonds is 2. The number of pyridine rings is 1. The van der Waals surface area contributed by atoms with Gasteiger partial charge in [-0.15, -0.1) is 0 Å². The fourth-order valence-corrected chi connectivity index (χ4v) is 1.23. The van der Waals surface area contributed by atoms with Crippen molar-refractivity contribution in [2.75, 3.05) is 0 Å². The number of nitrogens with zero attached hydrogens (tertiary/aromatic N) is 2. The molecule has 2 N–H and O–H groups in total. The molecule has 0 radical (unpaired) electrons. The van der Waals surface area contributed by atoms with Crippen molar-refractivity contribution in [1.29, 1.82) is 0 Å². The second kappa shape index (κ2) is 3.17. The van der Waals surface area contributed by atoms with Crippen LogP contribution >= 0.6 is 0 Å². The van der Waals surface area contributed by atoms with Gasteiger partial charge in [0, 0.05) is 18.0 Å². The molecule has 1 aromatic heterocycles. The summed E-state index contributed by atoms with van der Waals surface area (Å²) in [5.41, 5.74) is 7.96. The van der Waals surface area contributed by atoms with Gasteiger partial charge in [-0.3, -0.25) is 9.98 Å². The number of hydrogen-bond acceptors (Lipinski definition) is 2. The van der Waals surface area contributed by atoms with Gasteiger partial charge in [0.05, 0.1) is 6.04 Å². The van der Waals surface area contributed by atoms with Crippen LogP contribution in [0.1, 0.15) is 24.0 Å². The van der Waals surface area contributed by atoms with E-state index in [-0.39, 0.29) is 0 Å². The molecule has 0 aromatic carbocycles. The fraction of sp³-hybridized carbons (Fsp3) is 0.400. The van der Waals surface area contributed by atoms with Gasteiger partial charge in [-0.05, 0) is 31.4 Å². The molecule has 1 aliphatic carbocycles. The summed E-state index contributed by atoms with van der Waals surface area (Å²) in [7, 11) is 0. The maximum atomic E-state index is 5.86. The summed E-state index contributed by atoms with van der Waals surface area (Å²) >= 11 is 0. The monoisotopic (exact) mass is 175 g/mol. The first-order chi connectivity index (χ1) is 6.27. The molecule has 0 atom stereocenters. The molecule has 0 unspecified atom stereocenters. The lowest BCUT2D eigenvalue weighted by Crippen LogP contribution is -2.15. The Hall–Kier alpha value is -1.38. The maximum Gasteiger partial charge on any atom is 0.126 e. The van der Waals surface area contributed by atoms with Crippen LogP contribution in [0.2, 0.25) is 0 Å². The number of aryl methyl sites for hydroxylation is 1. The number of aromatic nitrogens is 1. The maximum absolute atomic E-state index is 5.86. The van der Waals surface area contributed by atoms with Crippen molar-refractivity contribution in [2.45, 2.75) is 25.8 Å². The van der Waals surface area contributed by atoms with Crippen molar-refractivity contribution in [3.63, 3.8) is 0 Å². The topological polar surface area (TPSA) is 51.3 Å². The highest BCUT2D eigenvalue weighted by atomic mass is 14.9. The molecule has 3 nitrogen and oxygen atoms in total. The van der Waals surface area contributed by atoms with Crippen molar-refractivity contribution < 1.29 is 0 Å². The molecule has 0 spiro atoms. The van der Waals surface area contributed by atoms with Crippen LogP contribution in [0.15, 0.2) is 23.5 Å². The molecule has 1 aromatic rings. The zero-order valence-corrected chi connectivity index (χ0v) is 7.70. The van der Waals surface area contributed by atoms with Crippen LogP contribution in [-0.2, 0) is 0 Å². The van der Waals surface area contributed by atoms with E-state index in [0.717, 1.165) is 11.1 Å². The molecule has 1 saturated carbocycles. The average Bonchev–Trinajstić information content (AvgIpc) is 2.89. The van der Waals surface area contributed by atoms with Crippen molar-refractivity contribution in [2.24, 2.45) is 10.7 Å². The highest BCUT2D eigenvalue weighted by Gasteiger charge is 2.20. The lowest BCUT2D eigenvalue weighted by molar-refractivity contribution is 1.06. The second-order valence-electron chi connectivity index (χ2n) is 3.44. The van der Waals surface area contributed by atoms with Crippen molar-refractivity contribution >= 4 is 5.84 Å². The Balaban J connectivity index is 2.28. The molecule has 1 fully saturated rings. The predicted octanol–water partition coefficient (Wildman–Crippen LogP) is 1.26. The van der Waals surface area contributed by atoms with Crippen LogP contribution in [0.25, 0.3) is 0 Å². The summed E-state index contributed by atoms with van der Waals surface area (Å²) in [5, 5.41) is 0. The highest BCUT2D eigenvalue weighted by molar-refractivity contribution is 5.98. The van der Waals surface area contributed by atoms with Crippen LogP contribution in [0.4, 0.5) is 0 Å². The number of aliphatic imine (C=N–C) groups is 1. The Bertz CT molecular complexity index is 340. The summed E-state index contributed by atoms with van der Waals surface area (Å²) < 4.78 is 0. The zero-order chi connectivity index (χ0) is 9.26. The Morgan fingerprint density at radius 1 is 1.62 bits per heavy atom. The zero-order valence-electron chi connectivity index (χ0n) is 7.70. The fourth-order valence-electron chi connectivity index (χ4n) is 1.23. The lowest BCUT2D eigenvalue weighted by Gasteiger charge is -2.03. The first-order valence-electron chi connectivity index (χ1n) is 4.51. The van der Waals surface area contributed by atoms with Crippen LogP contribution in [0.3, 0.4) is 0 Å². The van der Waals surface area contributed by atoms with E-state index in [1.54, 1.807) is 6.20 Å². The predicted molar refractivity (Wildman–Crippen MR) is 52.7 cm³/mol. The van der Waals surface area contributed by atoms with E-state index in [1.165, 1.54) is 12.8 Å². The molecule has 1 heterocycles. The van der Waals surface area contributed by atoms with Gasteiger partial charge in [-0.2, -0.15) is 0 Å². The normalized spacial score (nSPS) is 17.5. The second-order valence-corrected chi connectivity index (χ2v) is 3.44. The number of nitrogens with two attached hydrogens (primary N) is 1. The largest absolute Gasteiger partial charge is 0.383 e. The lowest BCUT2D eigenvalue weighted by atomic mass is 10.1. The van der Waals surface area contributed by atoms with E-state index < -0.39 is 0 Å². The van der Waals surface area contributed by atoms with Gasteiger partial charge in [0.25, 0.3) is 0 Å². The summed E-state index contributed by atoms with van der Waals surface area (Å²) in [6.45, 7) is 2.00. The summed E-state index contributed by atoms with van der Waals surface area (Å²) in [4.78, 5) is 8.40. The Kier molecular flexibility index (Phi) is 2.00. The minimum absolute atomic E-state index is 0.479. The summed E-state index contributed by atoms with van der Waals surface area (Å²) in [6, 6.07) is 2.39. The van der Waals surface area contributed by atoms with Crippen LogP contribution in [-0.4, -0.2) is 16.9 Å². The Labute approximate surface area is 77.7 Å². The first-order valence-corrected chi connectivity index (χ1v) is 4.51. The molecule has 0 aliphatic heterocycles. The van der Waals surface area contributed by atoms with Gasteiger partial charge in [0.2, 0.25) is 0 Å². The van der Waals surface area contributed by atoms with Crippen LogP contribution in [0.5, 0.6) is 0 Å². The van der Waals surface area contributed by atoms with E-state index in [4.69, 9.17) is 5.73 Å². The molecule has 0 saturated heterocycles. The molecular weight excluding hydrogens is 162 g/mol. The summed E-state index contributed by atoms with van der Waals surface area (Å²) in [6.07, 6.45) is 5.93. The smallest absolute Gasteiger partial charge is 0.126 e. The standard InChI is InChI=1S/C10H13N3/c1-7-6-12-5-4-9(7)10(11)13-8-2-3-8/h4-6,8H,2-3H2,1H3,(H2,11,13). The molecule has 3 heteroatoms. The molecule has 0 bridgehead atoms. The number of amidine groups is 1. The van der Waals surface area contributed by atoms with Gasteiger partial charge in [0.15, 0.2) is 0 Å². The average molecular weight is 175 g/mol. The van der Waals surface area contributed by atoms with E-state index in [9.17, 15) is 0 Å². The van der Waals surface area contributed by atoms with Gasteiger partial charge >= 0.3 is 0 Å². The minimum atomic E-state index is 0.479. The molecule has 1 aliphatic rings. The Morgan fingerprint density at radius 3 is 3.00 bits per heavy atom. The van der Waals surface area contributed by atoms with E-state index in [2.05, 4.69) is 9.98 Å². The molecular formula is C10H13N3. The third-order valence-corrected chi connectivity index (χ3v) is 2.16. The van der Waals surface area contributed by atoms with Gasteiger partial charge in [0.1, 0.15) is 5.84 Å². The quantitative estimate of drug-likeness (QED) is 0.543. The van der Waals surface area contributed by atoms with E-state index >= 15 is 0 Å². The van der Waals surface area contributed by atoms with E-state index in [0.29, 0.717) is 11.9 Å². The third kappa shape index (κ3) is 1.86. The SMILES string of the molecule is Cc1cnccc1C(N)=NC1CC1. The van der Waals surface area contributed by atoms with Gasteiger partial charge in [-0.1, -0.05) is 0 Å². The third-order valence-electron chi connectivity index (χ3n) is 2.16. The minimum Gasteiger partial charge on any atom is -0.383 e. The van der Waals surface area contributed by atoms with Crippen molar-refractivity contribution in [1.82, 2.24) is 4.98 Å². The van der Waals surface area contributed by atoms with Gasteiger partial charge in [-0.25, -0.2) is 0 Å². The van der Waals surface area contributed by atoms with Crippen LogP contribution in [0, 0.1) is 6.92 Å². The van der Waals surface area contributed by atoms with E-state index in [1.807, 2.05) is 19.2 Å². The van der Waals surface area contributed by atoms with Crippen molar-refractivity contribution in [3.05, 3.63) is 29.6 Å².